The van der Waals surface area contributed by atoms with E-state index in [1.807, 2.05) is 18.2 Å². The van der Waals surface area contributed by atoms with Gasteiger partial charge in [-0.1, -0.05) is 11.6 Å². The van der Waals surface area contributed by atoms with E-state index in [9.17, 15) is 0 Å². The predicted molar refractivity (Wildman–Crippen MR) is 45.7 cm³/mol. The molecule has 2 rings (SSSR count). The molecule has 1 radical (unpaired) electrons. The van der Waals surface area contributed by atoms with Crippen molar-refractivity contribution < 1.29 is 4.42 Å². The smallest absolute Gasteiger partial charge is 0.135 e. The summed E-state index contributed by atoms with van der Waals surface area (Å²) in [6.07, 6.45) is 0. The molecule has 0 fully saturated rings. The lowest BCUT2D eigenvalue weighted by Crippen LogP contribution is -1.62. The fourth-order valence-electron chi connectivity index (χ4n) is 1.06. The Morgan fingerprint density at radius 1 is 1.27 bits per heavy atom. The molecular weight excluding hydrogens is 160 g/mol. The van der Waals surface area contributed by atoms with Gasteiger partial charge in [0.15, 0.2) is 0 Å². The van der Waals surface area contributed by atoms with Gasteiger partial charge in [0.25, 0.3) is 0 Å². The van der Waals surface area contributed by atoms with E-state index < -0.39 is 0 Å². The monoisotopic (exact) mass is 165 g/mol. The zero-order chi connectivity index (χ0) is 7.84. The molecule has 1 heterocycles. The van der Waals surface area contributed by atoms with Crippen LogP contribution in [0.25, 0.3) is 11.0 Å². The summed E-state index contributed by atoms with van der Waals surface area (Å²) in [5.41, 5.74) is 0.794. The summed E-state index contributed by atoms with van der Waals surface area (Å²) in [5, 5.41) is 1.73. The van der Waals surface area contributed by atoms with Crippen molar-refractivity contribution in [2.45, 2.75) is 0 Å². The van der Waals surface area contributed by atoms with Gasteiger partial charge in [-0.3, -0.25) is 0 Å². The quantitative estimate of drug-likeness (QED) is 0.584. The Morgan fingerprint density at radius 3 is 2.91 bits per heavy atom. The number of hydrogen-bond donors (Lipinski definition) is 0. The summed E-state index contributed by atoms with van der Waals surface area (Å²) in [5.74, 6) is 0.669. The standard InChI is InChI=1S/C9H6ClO/c1-6-4-7-2-3-8(10)5-9(7)11-6/h2-5H,1H2. The highest BCUT2D eigenvalue weighted by molar-refractivity contribution is 6.31. The minimum Gasteiger partial charge on any atom is -0.461 e. The van der Waals surface area contributed by atoms with Crippen molar-refractivity contribution in [3.63, 3.8) is 0 Å². The maximum Gasteiger partial charge on any atom is 0.135 e. The maximum atomic E-state index is 5.75. The van der Waals surface area contributed by atoms with Gasteiger partial charge in [0, 0.05) is 17.3 Å². The Bertz CT molecular complexity index is 389. The zero-order valence-corrected chi connectivity index (χ0v) is 6.56. The van der Waals surface area contributed by atoms with E-state index in [4.69, 9.17) is 16.0 Å². The molecule has 0 aliphatic rings. The first-order valence-electron chi connectivity index (χ1n) is 3.27. The van der Waals surface area contributed by atoms with E-state index in [2.05, 4.69) is 6.92 Å². The minimum atomic E-state index is 0.669. The third-order valence-corrected chi connectivity index (χ3v) is 1.77. The van der Waals surface area contributed by atoms with Crippen molar-refractivity contribution in [1.29, 1.82) is 0 Å². The molecule has 0 unspecified atom stereocenters. The van der Waals surface area contributed by atoms with Gasteiger partial charge < -0.3 is 4.42 Å². The van der Waals surface area contributed by atoms with Crippen LogP contribution in [0.2, 0.25) is 5.02 Å². The van der Waals surface area contributed by atoms with Gasteiger partial charge in [-0.25, -0.2) is 0 Å². The van der Waals surface area contributed by atoms with Crippen LogP contribution in [0.3, 0.4) is 0 Å². The molecular formula is C9H6ClO. The van der Waals surface area contributed by atoms with Gasteiger partial charge in [-0.2, -0.15) is 0 Å². The fraction of sp³-hybridized carbons (Fsp3) is 0. The van der Waals surface area contributed by atoms with Gasteiger partial charge in [-0.05, 0) is 24.3 Å². The second-order valence-electron chi connectivity index (χ2n) is 2.39. The van der Waals surface area contributed by atoms with Crippen molar-refractivity contribution >= 4 is 22.6 Å². The van der Waals surface area contributed by atoms with Gasteiger partial charge in [0.1, 0.15) is 11.3 Å². The molecule has 0 atom stereocenters. The SMILES string of the molecule is [CH2]c1cc2ccc(Cl)cc2o1. The Hall–Kier alpha value is -0.950. The molecule has 0 saturated heterocycles. The highest BCUT2D eigenvalue weighted by Gasteiger charge is 1.99. The number of fused-ring (bicyclic) bond motifs is 1. The Labute approximate surface area is 69.6 Å². The summed E-state index contributed by atoms with van der Waals surface area (Å²) in [4.78, 5) is 0. The topological polar surface area (TPSA) is 13.1 Å². The molecule has 1 aromatic carbocycles. The first kappa shape index (κ1) is 6.74. The molecule has 0 aliphatic carbocycles. The van der Waals surface area contributed by atoms with Crippen molar-refractivity contribution in [3.05, 3.63) is 42.0 Å². The first-order chi connectivity index (χ1) is 5.25. The summed E-state index contributed by atoms with van der Waals surface area (Å²) in [6, 6.07) is 7.41. The molecule has 0 amide bonds. The third kappa shape index (κ3) is 1.12. The molecule has 2 heteroatoms. The molecule has 1 nitrogen and oxygen atoms in total. The average molecular weight is 166 g/mol. The molecule has 0 saturated carbocycles. The van der Waals surface area contributed by atoms with Crippen LogP contribution in [0.1, 0.15) is 5.76 Å². The van der Waals surface area contributed by atoms with Gasteiger partial charge in [-0.15, -0.1) is 0 Å². The minimum absolute atomic E-state index is 0.669. The first-order valence-corrected chi connectivity index (χ1v) is 3.64. The third-order valence-electron chi connectivity index (χ3n) is 1.53. The molecule has 2 aromatic rings. The summed E-state index contributed by atoms with van der Waals surface area (Å²) < 4.78 is 5.25. The lowest BCUT2D eigenvalue weighted by atomic mass is 10.2. The largest absolute Gasteiger partial charge is 0.461 e. The Kier molecular flexibility index (Phi) is 1.40. The number of furan rings is 1. The van der Waals surface area contributed by atoms with Crippen molar-refractivity contribution in [2.75, 3.05) is 0 Å². The van der Waals surface area contributed by atoms with Crippen LogP contribution >= 0.6 is 11.6 Å². The maximum absolute atomic E-state index is 5.75. The number of halogens is 1. The second kappa shape index (κ2) is 2.28. The van der Waals surface area contributed by atoms with Crippen LogP contribution in [0.15, 0.2) is 28.7 Å². The summed E-state index contributed by atoms with van der Waals surface area (Å²) in [6.45, 7) is 3.68. The van der Waals surface area contributed by atoms with Gasteiger partial charge in [0.05, 0.1) is 0 Å². The van der Waals surface area contributed by atoms with Crippen LogP contribution < -0.4 is 0 Å². The van der Waals surface area contributed by atoms with Crippen LogP contribution in [-0.4, -0.2) is 0 Å². The van der Waals surface area contributed by atoms with E-state index in [0.717, 1.165) is 11.0 Å². The summed E-state index contributed by atoms with van der Waals surface area (Å²) >= 11 is 5.75. The van der Waals surface area contributed by atoms with Crippen LogP contribution in [0, 0.1) is 6.92 Å². The predicted octanol–water partition coefficient (Wildman–Crippen LogP) is 3.27. The number of benzene rings is 1. The highest BCUT2D eigenvalue weighted by atomic mass is 35.5. The van der Waals surface area contributed by atoms with Crippen LogP contribution in [0.5, 0.6) is 0 Å². The number of hydrogen-bond acceptors (Lipinski definition) is 1. The Balaban J connectivity index is 2.82. The zero-order valence-electron chi connectivity index (χ0n) is 5.80. The van der Waals surface area contributed by atoms with E-state index in [1.54, 1.807) is 6.07 Å². The lowest BCUT2D eigenvalue weighted by Gasteiger charge is -1.87. The van der Waals surface area contributed by atoms with E-state index in [-0.39, 0.29) is 0 Å². The molecule has 0 spiro atoms. The van der Waals surface area contributed by atoms with Crippen molar-refractivity contribution in [2.24, 2.45) is 0 Å². The van der Waals surface area contributed by atoms with E-state index >= 15 is 0 Å². The van der Waals surface area contributed by atoms with Gasteiger partial charge in [0.2, 0.25) is 0 Å². The molecule has 0 bridgehead atoms. The van der Waals surface area contributed by atoms with Crippen molar-refractivity contribution in [3.8, 4) is 0 Å². The van der Waals surface area contributed by atoms with Gasteiger partial charge >= 0.3 is 0 Å². The molecule has 11 heavy (non-hydrogen) atoms. The van der Waals surface area contributed by atoms with Crippen LogP contribution in [0.4, 0.5) is 0 Å². The second-order valence-corrected chi connectivity index (χ2v) is 2.83. The molecule has 0 aliphatic heterocycles. The molecule has 55 valence electrons. The fourth-order valence-corrected chi connectivity index (χ4v) is 1.22. The highest BCUT2D eigenvalue weighted by Crippen LogP contribution is 2.22. The normalized spacial score (nSPS) is 10.7. The van der Waals surface area contributed by atoms with Crippen LogP contribution in [-0.2, 0) is 0 Å². The Morgan fingerprint density at radius 2 is 2.09 bits per heavy atom. The number of rotatable bonds is 0. The van der Waals surface area contributed by atoms with E-state index in [1.165, 1.54) is 0 Å². The molecule has 1 aromatic heterocycles. The summed E-state index contributed by atoms with van der Waals surface area (Å²) in [7, 11) is 0. The lowest BCUT2D eigenvalue weighted by molar-refractivity contribution is 0.595. The van der Waals surface area contributed by atoms with E-state index in [0.29, 0.717) is 10.8 Å². The molecule has 0 N–H and O–H groups in total. The van der Waals surface area contributed by atoms with Crippen molar-refractivity contribution in [1.82, 2.24) is 0 Å². The average Bonchev–Trinajstić information content (AvgIpc) is 2.27.